The molecule has 0 unspecified atom stereocenters. The number of thiophene rings is 1. The Balaban J connectivity index is 1.64. The van der Waals surface area contributed by atoms with Crippen LogP contribution >= 0.6 is 23.1 Å². The summed E-state index contributed by atoms with van der Waals surface area (Å²) in [5.41, 5.74) is 4.11. The van der Waals surface area contributed by atoms with Crippen LogP contribution in [0, 0.1) is 0 Å². The van der Waals surface area contributed by atoms with Gasteiger partial charge in [0.25, 0.3) is 5.91 Å². The first-order valence-electron chi connectivity index (χ1n) is 8.74. The van der Waals surface area contributed by atoms with Gasteiger partial charge in [0.15, 0.2) is 0 Å². The molecule has 1 fully saturated rings. The molecule has 1 saturated carbocycles. The molecule has 2 aromatic heterocycles. The number of carbonyl (C=O) groups is 1. The minimum absolute atomic E-state index is 0.00315. The topological polar surface area (TPSA) is 34.0 Å². The van der Waals surface area contributed by atoms with Gasteiger partial charge < -0.3 is 9.88 Å². The summed E-state index contributed by atoms with van der Waals surface area (Å²) in [6.45, 7) is 0. The molecule has 0 aliphatic heterocycles. The summed E-state index contributed by atoms with van der Waals surface area (Å²) in [5, 5.41) is 5.22. The van der Waals surface area contributed by atoms with Crippen LogP contribution in [0.25, 0.3) is 10.2 Å². The number of rotatable bonds is 5. The zero-order valence-electron chi connectivity index (χ0n) is 14.3. The van der Waals surface area contributed by atoms with Gasteiger partial charge in [0.2, 0.25) is 0 Å². The molecular weight excluding hydrogens is 348 g/mol. The number of hydrogen-bond donors (Lipinski definition) is 1. The Kier molecular flexibility index (Phi) is 4.86. The lowest BCUT2D eigenvalue weighted by atomic mass is 10.2. The lowest BCUT2D eigenvalue weighted by Gasteiger charge is -2.17. The van der Waals surface area contributed by atoms with E-state index in [1.54, 1.807) is 23.1 Å². The van der Waals surface area contributed by atoms with Gasteiger partial charge in [-0.1, -0.05) is 25.0 Å². The zero-order chi connectivity index (χ0) is 17.2. The molecule has 2 heterocycles. The van der Waals surface area contributed by atoms with Crippen molar-refractivity contribution in [1.82, 2.24) is 4.57 Å². The molecule has 1 aliphatic carbocycles. The number of anilines is 1. The second-order valence-electron chi connectivity index (χ2n) is 6.60. The molecular formula is C20H22N2OS2. The highest BCUT2D eigenvalue weighted by Crippen LogP contribution is 2.36. The minimum atomic E-state index is -0.00315. The van der Waals surface area contributed by atoms with Crippen LogP contribution in [0.4, 0.5) is 5.69 Å². The maximum Gasteiger partial charge on any atom is 0.272 e. The number of fused-ring (bicyclic) bond motifs is 1. The van der Waals surface area contributed by atoms with Gasteiger partial charge in [0.05, 0.1) is 10.2 Å². The van der Waals surface area contributed by atoms with E-state index in [0.29, 0.717) is 6.04 Å². The minimum Gasteiger partial charge on any atom is -0.333 e. The molecule has 1 amide bonds. The number of nitrogens with one attached hydrogen (secondary N) is 1. The van der Waals surface area contributed by atoms with Crippen LogP contribution in [0.1, 0.15) is 47.8 Å². The Labute approximate surface area is 156 Å². The molecule has 3 aromatic rings. The normalized spacial score (nSPS) is 15.1. The molecule has 1 aromatic carbocycles. The molecule has 130 valence electrons. The Morgan fingerprint density at radius 1 is 1.28 bits per heavy atom. The Morgan fingerprint density at radius 3 is 2.92 bits per heavy atom. The molecule has 1 aliphatic rings. The Hall–Kier alpha value is -1.72. The Morgan fingerprint density at radius 2 is 2.12 bits per heavy atom. The van der Waals surface area contributed by atoms with E-state index >= 15 is 0 Å². The first-order chi connectivity index (χ1) is 12.3. The molecule has 0 bridgehead atoms. The van der Waals surface area contributed by atoms with Crippen LogP contribution in [-0.2, 0) is 5.75 Å². The summed E-state index contributed by atoms with van der Waals surface area (Å²) >= 11 is 3.50. The molecule has 0 radical (unpaired) electrons. The predicted molar refractivity (Wildman–Crippen MR) is 109 cm³/mol. The van der Waals surface area contributed by atoms with Crippen molar-refractivity contribution in [3.8, 4) is 0 Å². The van der Waals surface area contributed by atoms with Crippen molar-refractivity contribution in [1.29, 1.82) is 0 Å². The Bertz CT molecular complexity index is 890. The highest BCUT2D eigenvalue weighted by Gasteiger charge is 2.25. The summed E-state index contributed by atoms with van der Waals surface area (Å²) in [6, 6.07) is 12.8. The van der Waals surface area contributed by atoms with Crippen LogP contribution in [0.15, 0.2) is 41.8 Å². The highest BCUT2D eigenvalue weighted by atomic mass is 32.2. The van der Waals surface area contributed by atoms with Crippen LogP contribution in [-0.4, -0.2) is 16.7 Å². The average molecular weight is 371 g/mol. The van der Waals surface area contributed by atoms with Gasteiger partial charge in [0, 0.05) is 17.5 Å². The van der Waals surface area contributed by atoms with Gasteiger partial charge in [0.1, 0.15) is 5.69 Å². The first-order valence-corrected chi connectivity index (χ1v) is 11.0. The molecule has 25 heavy (non-hydrogen) atoms. The maximum absolute atomic E-state index is 13.0. The second-order valence-corrected chi connectivity index (χ2v) is 8.41. The number of carbonyl (C=O) groups excluding carboxylic acids is 1. The van der Waals surface area contributed by atoms with E-state index in [1.807, 2.05) is 12.1 Å². The number of amides is 1. The van der Waals surface area contributed by atoms with Crippen LogP contribution < -0.4 is 5.32 Å². The van der Waals surface area contributed by atoms with E-state index < -0.39 is 0 Å². The first kappa shape index (κ1) is 16.7. The monoisotopic (exact) mass is 370 g/mol. The van der Waals surface area contributed by atoms with Crippen molar-refractivity contribution in [2.45, 2.75) is 37.5 Å². The smallest absolute Gasteiger partial charge is 0.272 e. The third-order valence-corrected chi connectivity index (χ3v) is 6.35. The van der Waals surface area contributed by atoms with Crippen molar-refractivity contribution >= 4 is 44.9 Å². The van der Waals surface area contributed by atoms with E-state index in [-0.39, 0.29) is 5.91 Å². The number of aromatic nitrogens is 1. The molecule has 3 nitrogen and oxygen atoms in total. The number of thioether (sulfide) groups is 1. The van der Waals surface area contributed by atoms with E-state index in [2.05, 4.69) is 45.8 Å². The quantitative estimate of drug-likeness (QED) is 0.603. The van der Waals surface area contributed by atoms with Gasteiger partial charge in [-0.05, 0) is 54.3 Å². The SMILES string of the molecule is CSCc1cccc(NC(=O)c2cc3sccc3n2C2CCCC2)c1. The summed E-state index contributed by atoms with van der Waals surface area (Å²) < 4.78 is 3.48. The fraction of sp³-hybridized carbons (Fsp3) is 0.350. The molecule has 0 saturated heterocycles. The standard InChI is InChI=1S/C20H22N2OS2/c1-24-13-14-5-4-6-15(11-14)21-20(23)18-12-19-17(9-10-25-19)22(18)16-7-2-3-8-16/h4-6,9-12,16H,2-3,7-8,13H2,1H3,(H,21,23). The van der Waals surface area contributed by atoms with Crippen molar-refractivity contribution in [3.63, 3.8) is 0 Å². The zero-order valence-corrected chi connectivity index (χ0v) is 16.0. The van der Waals surface area contributed by atoms with Gasteiger partial charge in [-0.15, -0.1) is 11.3 Å². The maximum atomic E-state index is 13.0. The van der Waals surface area contributed by atoms with Gasteiger partial charge in [-0.25, -0.2) is 0 Å². The summed E-state index contributed by atoms with van der Waals surface area (Å²) in [7, 11) is 0. The van der Waals surface area contributed by atoms with Crippen LogP contribution in [0.5, 0.6) is 0 Å². The molecule has 1 N–H and O–H groups in total. The molecule has 0 atom stereocenters. The van der Waals surface area contributed by atoms with Gasteiger partial charge in [-0.2, -0.15) is 11.8 Å². The lowest BCUT2D eigenvalue weighted by Crippen LogP contribution is -2.19. The second kappa shape index (κ2) is 7.26. The lowest BCUT2D eigenvalue weighted by molar-refractivity contribution is 0.101. The average Bonchev–Trinajstić information content (AvgIpc) is 3.32. The van der Waals surface area contributed by atoms with Gasteiger partial charge >= 0.3 is 0 Å². The molecule has 0 spiro atoms. The van der Waals surface area contributed by atoms with Crippen LogP contribution in [0.3, 0.4) is 0 Å². The predicted octanol–water partition coefficient (Wildman–Crippen LogP) is 5.93. The highest BCUT2D eigenvalue weighted by molar-refractivity contribution is 7.97. The van der Waals surface area contributed by atoms with E-state index in [1.165, 1.54) is 41.5 Å². The molecule has 5 heteroatoms. The molecule has 4 rings (SSSR count). The van der Waals surface area contributed by atoms with Crippen molar-refractivity contribution in [3.05, 3.63) is 53.0 Å². The fourth-order valence-corrected chi connectivity index (χ4v) is 5.10. The number of nitrogens with zero attached hydrogens (tertiary/aromatic N) is 1. The van der Waals surface area contributed by atoms with E-state index in [9.17, 15) is 4.79 Å². The number of hydrogen-bond acceptors (Lipinski definition) is 3. The summed E-state index contributed by atoms with van der Waals surface area (Å²) in [5.74, 6) is 0.953. The van der Waals surface area contributed by atoms with Crippen molar-refractivity contribution in [2.75, 3.05) is 11.6 Å². The number of benzene rings is 1. The van der Waals surface area contributed by atoms with Crippen molar-refractivity contribution < 1.29 is 4.79 Å². The third-order valence-electron chi connectivity index (χ3n) is 4.88. The summed E-state index contributed by atoms with van der Waals surface area (Å²) in [6.07, 6.45) is 6.94. The summed E-state index contributed by atoms with van der Waals surface area (Å²) in [4.78, 5) is 13.0. The van der Waals surface area contributed by atoms with E-state index in [4.69, 9.17) is 0 Å². The fourth-order valence-electron chi connectivity index (χ4n) is 3.78. The van der Waals surface area contributed by atoms with Crippen molar-refractivity contribution in [2.24, 2.45) is 0 Å². The van der Waals surface area contributed by atoms with E-state index in [0.717, 1.165) is 17.1 Å². The largest absolute Gasteiger partial charge is 0.333 e. The third kappa shape index (κ3) is 3.35. The van der Waals surface area contributed by atoms with Gasteiger partial charge in [-0.3, -0.25) is 4.79 Å². The van der Waals surface area contributed by atoms with Crippen LogP contribution in [0.2, 0.25) is 0 Å².